The van der Waals surface area contributed by atoms with E-state index in [2.05, 4.69) is 25.2 Å². The fourth-order valence-electron chi connectivity index (χ4n) is 1.82. The molecule has 0 fully saturated rings. The van der Waals surface area contributed by atoms with E-state index in [-0.39, 0.29) is 5.41 Å². The van der Waals surface area contributed by atoms with E-state index in [9.17, 15) is 0 Å². The van der Waals surface area contributed by atoms with Gasteiger partial charge in [0.15, 0.2) is 11.5 Å². The molecule has 1 heterocycles. The van der Waals surface area contributed by atoms with E-state index in [1.165, 1.54) is 5.56 Å². The lowest BCUT2D eigenvalue weighted by Gasteiger charge is -2.23. The number of ether oxygens (including phenoxy) is 2. The zero-order valence-electron chi connectivity index (χ0n) is 11.2. The molecule has 1 aliphatic heterocycles. The van der Waals surface area contributed by atoms with Crippen molar-refractivity contribution in [2.75, 3.05) is 26.3 Å². The second-order valence-corrected chi connectivity index (χ2v) is 5.45. The molecule has 0 spiro atoms. The van der Waals surface area contributed by atoms with Gasteiger partial charge in [0.25, 0.3) is 0 Å². The first kappa shape index (κ1) is 13.2. The maximum Gasteiger partial charge on any atom is 0.161 e. The standard InChI is InChI=1S/C14H22N2O2/c1-14(2,9-15)10-16-8-11-3-4-12-13(7-11)18-6-5-17-12/h3-4,7,16H,5-6,8-10,15H2,1-2H3. The van der Waals surface area contributed by atoms with Crippen molar-refractivity contribution in [3.8, 4) is 11.5 Å². The SMILES string of the molecule is CC(C)(CN)CNCc1ccc2c(c1)OCCO2. The minimum Gasteiger partial charge on any atom is -0.486 e. The lowest BCUT2D eigenvalue weighted by molar-refractivity contribution is 0.171. The van der Waals surface area contributed by atoms with Gasteiger partial charge in [-0.2, -0.15) is 0 Å². The van der Waals surface area contributed by atoms with Gasteiger partial charge in [-0.05, 0) is 29.7 Å². The van der Waals surface area contributed by atoms with Crippen molar-refractivity contribution in [3.63, 3.8) is 0 Å². The fraction of sp³-hybridized carbons (Fsp3) is 0.571. The minimum absolute atomic E-state index is 0.133. The van der Waals surface area contributed by atoms with E-state index in [0.29, 0.717) is 19.8 Å². The van der Waals surface area contributed by atoms with E-state index >= 15 is 0 Å². The van der Waals surface area contributed by atoms with Crippen LogP contribution >= 0.6 is 0 Å². The van der Waals surface area contributed by atoms with E-state index in [4.69, 9.17) is 15.2 Å². The summed E-state index contributed by atoms with van der Waals surface area (Å²) in [5.74, 6) is 1.69. The molecular formula is C14H22N2O2. The average molecular weight is 250 g/mol. The van der Waals surface area contributed by atoms with Crippen LogP contribution in [0.2, 0.25) is 0 Å². The minimum atomic E-state index is 0.133. The summed E-state index contributed by atoms with van der Waals surface area (Å²) in [6.45, 7) is 7.98. The van der Waals surface area contributed by atoms with Crippen LogP contribution < -0.4 is 20.5 Å². The largest absolute Gasteiger partial charge is 0.486 e. The van der Waals surface area contributed by atoms with Crippen molar-refractivity contribution in [1.82, 2.24) is 5.32 Å². The lowest BCUT2D eigenvalue weighted by atomic mass is 9.94. The zero-order valence-corrected chi connectivity index (χ0v) is 11.2. The molecule has 0 amide bonds. The van der Waals surface area contributed by atoms with Crippen LogP contribution in [0.1, 0.15) is 19.4 Å². The highest BCUT2D eigenvalue weighted by atomic mass is 16.6. The van der Waals surface area contributed by atoms with E-state index in [1.54, 1.807) is 0 Å². The molecule has 100 valence electrons. The molecule has 18 heavy (non-hydrogen) atoms. The molecule has 4 heteroatoms. The number of nitrogens with two attached hydrogens (primary N) is 1. The van der Waals surface area contributed by atoms with Crippen LogP contribution in [-0.2, 0) is 6.54 Å². The van der Waals surface area contributed by atoms with Crippen LogP contribution in [0.25, 0.3) is 0 Å². The Hall–Kier alpha value is -1.26. The van der Waals surface area contributed by atoms with Gasteiger partial charge in [-0.3, -0.25) is 0 Å². The number of hydrogen-bond donors (Lipinski definition) is 2. The molecular weight excluding hydrogens is 228 g/mol. The molecule has 0 saturated carbocycles. The first-order chi connectivity index (χ1) is 8.61. The Balaban J connectivity index is 1.90. The topological polar surface area (TPSA) is 56.5 Å². The number of benzene rings is 1. The Labute approximate surface area is 108 Å². The van der Waals surface area contributed by atoms with E-state index < -0.39 is 0 Å². The van der Waals surface area contributed by atoms with Gasteiger partial charge in [0.05, 0.1) is 0 Å². The molecule has 3 N–H and O–H groups in total. The summed E-state index contributed by atoms with van der Waals surface area (Å²) >= 11 is 0. The van der Waals surface area contributed by atoms with Gasteiger partial charge >= 0.3 is 0 Å². The highest BCUT2D eigenvalue weighted by Gasteiger charge is 2.15. The van der Waals surface area contributed by atoms with Gasteiger partial charge in [0, 0.05) is 13.1 Å². The molecule has 0 unspecified atom stereocenters. The summed E-state index contributed by atoms with van der Waals surface area (Å²) in [7, 11) is 0. The molecule has 0 aliphatic carbocycles. The van der Waals surface area contributed by atoms with Gasteiger partial charge in [-0.1, -0.05) is 19.9 Å². The lowest BCUT2D eigenvalue weighted by Crippen LogP contribution is -2.35. The van der Waals surface area contributed by atoms with Gasteiger partial charge in [-0.25, -0.2) is 0 Å². The van der Waals surface area contributed by atoms with Crippen molar-refractivity contribution < 1.29 is 9.47 Å². The summed E-state index contributed by atoms with van der Waals surface area (Å²) < 4.78 is 11.1. The third-order valence-corrected chi connectivity index (χ3v) is 3.09. The number of fused-ring (bicyclic) bond motifs is 1. The summed E-state index contributed by atoms with van der Waals surface area (Å²) in [5, 5.41) is 3.42. The maximum atomic E-state index is 5.70. The molecule has 1 aromatic rings. The van der Waals surface area contributed by atoms with Gasteiger partial charge in [-0.15, -0.1) is 0 Å². The normalized spacial score (nSPS) is 14.6. The zero-order chi connectivity index (χ0) is 13.0. The summed E-state index contributed by atoms with van der Waals surface area (Å²) in [6.07, 6.45) is 0. The Morgan fingerprint density at radius 2 is 1.94 bits per heavy atom. The Kier molecular flexibility index (Phi) is 4.09. The maximum absolute atomic E-state index is 5.70. The van der Waals surface area contributed by atoms with Crippen molar-refractivity contribution in [3.05, 3.63) is 23.8 Å². The molecule has 4 nitrogen and oxygen atoms in total. The molecule has 0 aromatic heterocycles. The van der Waals surface area contributed by atoms with Crippen molar-refractivity contribution in [1.29, 1.82) is 0 Å². The highest BCUT2D eigenvalue weighted by molar-refractivity contribution is 5.43. The first-order valence-corrected chi connectivity index (χ1v) is 6.40. The smallest absolute Gasteiger partial charge is 0.161 e. The molecule has 0 atom stereocenters. The van der Waals surface area contributed by atoms with Gasteiger partial charge in [0.1, 0.15) is 13.2 Å². The Morgan fingerprint density at radius 3 is 2.67 bits per heavy atom. The van der Waals surface area contributed by atoms with Crippen molar-refractivity contribution >= 4 is 0 Å². The number of hydrogen-bond acceptors (Lipinski definition) is 4. The second-order valence-electron chi connectivity index (χ2n) is 5.45. The van der Waals surface area contributed by atoms with Crippen LogP contribution in [0.15, 0.2) is 18.2 Å². The third kappa shape index (κ3) is 3.37. The summed E-state index contributed by atoms with van der Waals surface area (Å²) in [4.78, 5) is 0. The predicted octanol–water partition coefficient (Wildman–Crippen LogP) is 1.53. The second kappa shape index (κ2) is 5.59. The average Bonchev–Trinajstić information content (AvgIpc) is 2.38. The summed E-state index contributed by atoms with van der Waals surface area (Å²) in [6, 6.07) is 6.08. The monoisotopic (exact) mass is 250 g/mol. The van der Waals surface area contributed by atoms with Crippen LogP contribution in [0, 0.1) is 5.41 Å². The van der Waals surface area contributed by atoms with Crippen LogP contribution in [-0.4, -0.2) is 26.3 Å². The van der Waals surface area contributed by atoms with Gasteiger partial charge in [0.2, 0.25) is 0 Å². The van der Waals surface area contributed by atoms with Crippen LogP contribution in [0.4, 0.5) is 0 Å². The van der Waals surface area contributed by atoms with Crippen molar-refractivity contribution in [2.45, 2.75) is 20.4 Å². The third-order valence-electron chi connectivity index (χ3n) is 3.09. The summed E-state index contributed by atoms with van der Waals surface area (Å²) in [5.41, 5.74) is 7.03. The number of rotatable bonds is 5. The molecule has 0 bridgehead atoms. The van der Waals surface area contributed by atoms with Crippen molar-refractivity contribution in [2.24, 2.45) is 11.1 Å². The van der Waals surface area contributed by atoms with Gasteiger partial charge < -0.3 is 20.5 Å². The number of nitrogens with one attached hydrogen (secondary N) is 1. The Morgan fingerprint density at radius 1 is 1.22 bits per heavy atom. The molecule has 0 radical (unpaired) electrons. The van der Waals surface area contributed by atoms with Crippen LogP contribution in [0.5, 0.6) is 11.5 Å². The van der Waals surface area contributed by atoms with Crippen LogP contribution in [0.3, 0.4) is 0 Å². The van der Waals surface area contributed by atoms with E-state index in [1.807, 2.05) is 12.1 Å². The highest BCUT2D eigenvalue weighted by Crippen LogP contribution is 2.30. The fourth-order valence-corrected chi connectivity index (χ4v) is 1.82. The first-order valence-electron chi connectivity index (χ1n) is 6.40. The molecule has 0 saturated heterocycles. The predicted molar refractivity (Wildman–Crippen MR) is 72.0 cm³/mol. The Bertz CT molecular complexity index is 405. The quantitative estimate of drug-likeness (QED) is 0.832. The molecule has 2 rings (SSSR count). The van der Waals surface area contributed by atoms with E-state index in [0.717, 1.165) is 24.6 Å². The molecule has 1 aliphatic rings. The molecule has 1 aromatic carbocycles.